The number of anilines is 1. The van der Waals surface area contributed by atoms with Crippen LogP contribution in [0.4, 0.5) is 5.69 Å². The third-order valence-corrected chi connectivity index (χ3v) is 7.19. The van der Waals surface area contributed by atoms with Crippen LogP contribution in [0.15, 0.2) is 65.6 Å². The number of ether oxygens (including phenoxy) is 1. The Hall–Kier alpha value is -3.38. The first-order chi connectivity index (χ1) is 15.8. The van der Waals surface area contributed by atoms with Gasteiger partial charge in [0, 0.05) is 22.5 Å². The van der Waals surface area contributed by atoms with E-state index >= 15 is 0 Å². The van der Waals surface area contributed by atoms with E-state index in [0.29, 0.717) is 17.2 Å². The monoisotopic (exact) mass is 459 g/mol. The lowest BCUT2D eigenvalue weighted by atomic mass is 9.97. The lowest BCUT2D eigenvalue weighted by Crippen LogP contribution is -2.29. The predicted molar refractivity (Wildman–Crippen MR) is 130 cm³/mol. The molecule has 2 unspecified atom stereocenters. The Bertz CT molecular complexity index is 1260. The second-order valence-corrected chi connectivity index (χ2v) is 9.87. The van der Waals surface area contributed by atoms with E-state index in [9.17, 15) is 14.7 Å². The maximum Gasteiger partial charge on any atom is 0.300 e. The van der Waals surface area contributed by atoms with E-state index in [0.717, 1.165) is 28.2 Å². The third kappa shape index (κ3) is 3.64. The van der Waals surface area contributed by atoms with E-state index in [-0.39, 0.29) is 17.4 Å². The molecule has 2 atom stereocenters. The van der Waals surface area contributed by atoms with Crippen LogP contribution < -0.4 is 9.64 Å². The SMILES string of the molecule is CC1Cc2cc(/C(O)=C3/C(=O)C(=O)N(c4ccc(C(C)C)cc4)C3c3cccs3)ccc2O1. The summed E-state index contributed by atoms with van der Waals surface area (Å²) < 4.78 is 5.76. The third-order valence-electron chi connectivity index (χ3n) is 6.26. The van der Waals surface area contributed by atoms with Crippen LogP contribution in [-0.4, -0.2) is 22.9 Å². The molecule has 0 aliphatic carbocycles. The normalized spacial score (nSPS) is 21.5. The summed E-state index contributed by atoms with van der Waals surface area (Å²) in [5.41, 5.74) is 3.40. The van der Waals surface area contributed by atoms with Crippen LogP contribution in [0, 0.1) is 0 Å². The van der Waals surface area contributed by atoms with Crippen molar-refractivity contribution in [1.29, 1.82) is 0 Å². The van der Waals surface area contributed by atoms with Crippen LogP contribution in [0.25, 0.3) is 5.76 Å². The molecule has 1 amide bonds. The molecule has 6 heteroatoms. The largest absolute Gasteiger partial charge is 0.507 e. The zero-order chi connectivity index (χ0) is 23.3. The Morgan fingerprint density at radius 1 is 1.12 bits per heavy atom. The van der Waals surface area contributed by atoms with Gasteiger partial charge >= 0.3 is 0 Å². The quantitative estimate of drug-likeness (QED) is 0.303. The van der Waals surface area contributed by atoms with Crippen molar-refractivity contribution in [2.45, 2.75) is 45.3 Å². The van der Waals surface area contributed by atoms with Crippen molar-refractivity contribution in [2.75, 3.05) is 4.90 Å². The fourth-order valence-corrected chi connectivity index (χ4v) is 5.38. The fourth-order valence-electron chi connectivity index (χ4n) is 4.56. The van der Waals surface area contributed by atoms with Crippen molar-refractivity contribution in [3.05, 3.63) is 87.1 Å². The number of nitrogens with zero attached hydrogens (tertiary/aromatic N) is 1. The Morgan fingerprint density at radius 2 is 1.88 bits per heavy atom. The maximum atomic E-state index is 13.2. The second kappa shape index (κ2) is 8.19. The summed E-state index contributed by atoms with van der Waals surface area (Å²) in [5.74, 6) is -0.321. The molecule has 2 aliphatic heterocycles. The van der Waals surface area contributed by atoms with E-state index in [2.05, 4.69) is 13.8 Å². The maximum absolute atomic E-state index is 13.2. The molecular weight excluding hydrogens is 434 g/mol. The summed E-state index contributed by atoms with van der Waals surface area (Å²) in [6, 6.07) is 16.2. The fraction of sp³-hybridized carbons (Fsp3) is 0.259. The highest BCUT2D eigenvalue weighted by molar-refractivity contribution is 7.10. The van der Waals surface area contributed by atoms with Gasteiger partial charge in [0.05, 0.1) is 5.57 Å². The minimum absolute atomic E-state index is 0.0721. The van der Waals surface area contributed by atoms with Crippen molar-refractivity contribution in [2.24, 2.45) is 0 Å². The van der Waals surface area contributed by atoms with Gasteiger partial charge in [-0.2, -0.15) is 0 Å². The highest BCUT2D eigenvalue weighted by atomic mass is 32.1. The number of hydrogen-bond acceptors (Lipinski definition) is 5. The highest BCUT2D eigenvalue weighted by Crippen LogP contribution is 2.44. The average molecular weight is 460 g/mol. The summed E-state index contributed by atoms with van der Waals surface area (Å²) in [4.78, 5) is 28.8. The first-order valence-electron chi connectivity index (χ1n) is 11.1. The first kappa shape index (κ1) is 21.5. The smallest absolute Gasteiger partial charge is 0.300 e. The zero-order valence-electron chi connectivity index (χ0n) is 18.7. The molecule has 1 aromatic heterocycles. The van der Waals surface area contributed by atoms with Gasteiger partial charge in [0.2, 0.25) is 0 Å². The number of fused-ring (bicyclic) bond motifs is 1. The number of hydrogen-bond donors (Lipinski definition) is 1. The number of aliphatic hydroxyl groups is 1. The Labute approximate surface area is 196 Å². The summed E-state index contributed by atoms with van der Waals surface area (Å²) in [5, 5.41) is 13.2. The van der Waals surface area contributed by atoms with Gasteiger partial charge < -0.3 is 9.84 Å². The molecule has 0 spiro atoms. The molecule has 3 heterocycles. The van der Waals surface area contributed by atoms with E-state index in [1.165, 1.54) is 16.2 Å². The minimum atomic E-state index is -0.682. The number of amides is 1. The molecule has 3 aromatic rings. The van der Waals surface area contributed by atoms with Gasteiger partial charge in [0.15, 0.2) is 0 Å². The number of Topliss-reactive ketones (excluding diaryl/α,β-unsaturated/α-hetero) is 1. The minimum Gasteiger partial charge on any atom is -0.507 e. The number of benzene rings is 2. The van der Waals surface area contributed by atoms with Crippen LogP contribution in [0.5, 0.6) is 5.75 Å². The molecule has 0 bridgehead atoms. The Kier molecular flexibility index (Phi) is 5.33. The molecule has 5 rings (SSSR count). The van der Waals surface area contributed by atoms with Gasteiger partial charge in [0.25, 0.3) is 11.7 Å². The molecule has 1 fully saturated rings. The van der Waals surface area contributed by atoms with Gasteiger partial charge in [-0.1, -0.05) is 32.0 Å². The average Bonchev–Trinajstić information content (AvgIpc) is 3.51. The molecule has 33 heavy (non-hydrogen) atoms. The van der Waals surface area contributed by atoms with Crippen molar-refractivity contribution in [3.63, 3.8) is 0 Å². The Balaban J connectivity index is 1.63. The summed E-state index contributed by atoms with van der Waals surface area (Å²) in [6.07, 6.45) is 0.810. The highest BCUT2D eigenvalue weighted by Gasteiger charge is 2.47. The number of thiophene rings is 1. The van der Waals surface area contributed by atoms with Crippen LogP contribution in [0.3, 0.4) is 0 Å². The molecular formula is C27H25NO4S. The van der Waals surface area contributed by atoms with Crippen molar-refractivity contribution in [3.8, 4) is 5.75 Å². The van der Waals surface area contributed by atoms with Crippen molar-refractivity contribution < 1.29 is 19.4 Å². The number of aliphatic hydroxyl groups excluding tert-OH is 1. The summed E-state index contributed by atoms with van der Waals surface area (Å²) in [6.45, 7) is 6.21. The molecule has 2 aliphatic rings. The molecule has 5 nitrogen and oxygen atoms in total. The van der Waals surface area contributed by atoms with E-state index in [4.69, 9.17) is 4.74 Å². The molecule has 2 aromatic carbocycles. The lowest BCUT2D eigenvalue weighted by Gasteiger charge is -2.24. The zero-order valence-corrected chi connectivity index (χ0v) is 19.6. The van der Waals surface area contributed by atoms with Gasteiger partial charge in [-0.3, -0.25) is 14.5 Å². The van der Waals surface area contributed by atoms with Gasteiger partial charge in [-0.15, -0.1) is 11.3 Å². The second-order valence-electron chi connectivity index (χ2n) is 8.89. The molecule has 1 saturated heterocycles. The van der Waals surface area contributed by atoms with Gasteiger partial charge in [-0.25, -0.2) is 0 Å². The number of carbonyl (C=O) groups excluding carboxylic acids is 2. The van der Waals surface area contributed by atoms with E-state index in [1.807, 2.05) is 60.8 Å². The van der Waals surface area contributed by atoms with E-state index in [1.54, 1.807) is 6.07 Å². The van der Waals surface area contributed by atoms with Crippen LogP contribution in [0.1, 0.15) is 54.3 Å². The van der Waals surface area contributed by atoms with Crippen molar-refractivity contribution in [1.82, 2.24) is 0 Å². The van der Waals surface area contributed by atoms with Crippen molar-refractivity contribution >= 4 is 34.5 Å². The molecule has 0 saturated carbocycles. The number of carbonyl (C=O) groups is 2. The molecule has 0 radical (unpaired) electrons. The first-order valence-corrected chi connectivity index (χ1v) is 12.0. The van der Waals surface area contributed by atoms with Gasteiger partial charge in [0.1, 0.15) is 23.7 Å². The Morgan fingerprint density at radius 3 is 2.55 bits per heavy atom. The molecule has 168 valence electrons. The summed E-state index contributed by atoms with van der Waals surface area (Å²) >= 11 is 1.46. The number of rotatable bonds is 4. The van der Waals surface area contributed by atoms with Crippen LogP contribution in [-0.2, 0) is 16.0 Å². The van der Waals surface area contributed by atoms with Crippen LogP contribution >= 0.6 is 11.3 Å². The topological polar surface area (TPSA) is 66.8 Å². The number of ketones is 1. The standard InChI is InChI=1S/C27H25NO4S/c1-15(2)17-6-9-20(10-7-17)28-24(22-5-4-12-33-22)23(26(30)27(28)31)25(29)18-8-11-21-19(14-18)13-16(3)32-21/h4-12,14-16,24,29H,13H2,1-3H3/b25-23-. The van der Waals surface area contributed by atoms with E-state index < -0.39 is 17.7 Å². The lowest BCUT2D eigenvalue weighted by molar-refractivity contribution is -0.132. The van der Waals surface area contributed by atoms with Crippen LogP contribution in [0.2, 0.25) is 0 Å². The molecule has 1 N–H and O–H groups in total. The van der Waals surface area contributed by atoms with Gasteiger partial charge in [-0.05, 0) is 65.7 Å². The predicted octanol–water partition coefficient (Wildman–Crippen LogP) is 5.82. The summed E-state index contributed by atoms with van der Waals surface area (Å²) in [7, 11) is 0.